The third kappa shape index (κ3) is 5.07. The fourth-order valence-electron chi connectivity index (χ4n) is 3.14. The number of urea groups is 1. The minimum Gasteiger partial charge on any atom is -0.491 e. The van der Waals surface area contributed by atoms with Crippen molar-refractivity contribution in [3.63, 3.8) is 0 Å². The Kier molecular flexibility index (Phi) is 6.11. The Labute approximate surface area is 165 Å². The summed E-state index contributed by atoms with van der Waals surface area (Å²) in [6, 6.07) is 13.5. The summed E-state index contributed by atoms with van der Waals surface area (Å²) in [7, 11) is 0. The van der Waals surface area contributed by atoms with E-state index in [-0.39, 0.29) is 12.1 Å². The molecule has 3 rings (SSSR count). The van der Waals surface area contributed by atoms with Crippen LogP contribution in [0.15, 0.2) is 42.5 Å². The maximum atomic E-state index is 12.5. The highest BCUT2D eigenvalue weighted by atomic mass is 35.5. The number of carbonyl (C=O) groups is 1. The van der Waals surface area contributed by atoms with Crippen molar-refractivity contribution in [3.05, 3.63) is 53.1 Å². The zero-order valence-corrected chi connectivity index (χ0v) is 16.8. The minimum atomic E-state index is -0.0687. The van der Waals surface area contributed by atoms with E-state index in [4.69, 9.17) is 16.3 Å². The predicted molar refractivity (Wildman–Crippen MR) is 111 cm³/mol. The van der Waals surface area contributed by atoms with Crippen molar-refractivity contribution in [3.8, 4) is 5.75 Å². The summed E-state index contributed by atoms with van der Waals surface area (Å²) >= 11 is 5.97. The highest BCUT2D eigenvalue weighted by Crippen LogP contribution is 2.23. The summed E-state index contributed by atoms with van der Waals surface area (Å²) in [5.74, 6) is 0.880. The highest BCUT2D eigenvalue weighted by molar-refractivity contribution is 6.30. The Hall–Kier alpha value is -2.40. The van der Waals surface area contributed by atoms with Crippen molar-refractivity contribution in [1.82, 2.24) is 4.90 Å². The van der Waals surface area contributed by atoms with Crippen LogP contribution in [0, 0.1) is 6.92 Å². The normalized spacial score (nSPS) is 14.4. The number of piperazine rings is 1. The van der Waals surface area contributed by atoms with Crippen molar-refractivity contribution in [2.24, 2.45) is 0 Å². The molecule has 144 valence electrons. The number of anilines is 2. The van der Waals surface area contributed by atoms with Crippen LogP contribution in [-0.2, 0) is 0 Å². The Morgan fingerprint density at radius 3 is 2.33 bits per heavy atom. The molecule has 0 bridgehead atoms. The Balaban J connectivity index is 1.54. The number of amides is 2. The largest absolute Gasteiger partial charge is 0.491 e. The molecule has 0 unspecified atom stereocenters. The van der Waals surface area contributed by atoms with Crippen molar-refractivity contribution < 1.29 is 9.53 Å². The van der Waals surface area contributed by atoms with Gasteiger partial charge in [0.2, 0.25) is 0 Å². The second kappa shape index (κ2) is 8.53. The topological polar surface area (TPSA) is 44.8 Å². The Morgan fingerprint density at radius 2 is 1.74 bits per heavy atom. The number of ether oxygens (including phenoxy) is 1. The molecule has 1 saturated heterocycles. The van der Waals surface area contributed by atoms with Crippen LogP contribution < -0.4 is 15.0 Å². The quantitative estimate of drug-likeness (QED) is 0.820. The number of benzene rings is 2. The van der Waals surface area contributed by atoms with E-state index in [2.05, 4.69) is 22.3 Å². The van der Waals surface area contributed by atoms with Crippen molar-refractivity contribution in [2.75, 3.05) is 36.4 Å². The van der Waals surface area contributed by atoms with Gasteiger partial charge in [-0.2, -0.15) is 0 Å². The molecule has 1 aliphatic heterocycles. The van der Waals surface area contributed by atoms with Crippen LogP contribution in [0.1, 0.15) is 19.4 Å². The van der Waals surface area contributed by atoms with Crippen LogP contribution in [0.25, 0.3) is 0 Å². The van der Waals surface area contributed by atoms with E-state index in [0.29, 0.717) is 18.1 Å². The second-order valence-corrected chi connectivity index (χ2v) is 7.46. The molecule has 0 aromatic heterocycles. The van der Waals surface area contributed by atoms with Gasteiger partial charge in [-0.3, -0.25) is 0 Å². The second-order valence-electron chi connectivity index (χ2n) is 7.02. The van der Waals surface area contributed by atoms with Gasteiger partial charge in [0, 0.05) is 42.6 Å². The number of nitrogens with one attached hydrogen (secondary N) is 1. The lowest BCUT2D eigenvalue weighted by atomic mass is 10.2. The molecular weight excluding hydrogens is 362 g/mol. The first-order valence-electron chi connectivity index (χ1n) is 9.26. The first-order chi connectivity index (χ1) is 12.9. The molecule has 2 amide bonds. The number of rotatable bonds is 4. The van der Waals surface area contributed by atoms with Crippen molar-refractivity contribution in [1.29, 1.82) is 0 Å². The van der Waals surface area contributed by atoms with E-state index < -0.39 is 0 Å². The number of hydrogen-bond donors (Lipinski definition) is 1. The maximum absolute atomic E-state index is 12.5. The summed E-state index contributed by atoms with van der Waals surface area (Å²) in [4.78, 5) is 16.7. The maximum Gasteiger partial charge on any atom is 0.321 e. The van der Waals surface area contributed by atoms with E-state index in [1.807, 2.05) is 49.9 Å². The summed E-state index contributed by atoms with van der Waals surface area (Å²) in [6.45, 7) is 8.94. The molecule has 6 heteroatoms. The zero-order chi connectivity index (χ0) is 19.4. The van der Waals surface area contributed by atoms with E-state index in [1.165, 1.54) is 0 Å². The van der Waals surface area contributed by atoms with Crippen molar-refractivity contribution >= 4 is 29.0 Å². The number of halogens is 1. The number of hydrogen-bond acceptors (Lipinski definition) is 3. The van der Waals surface area contributed by atoms with Gasteiger partial charge in [0.25, 0.3) is 0 Å². The van der Waals surface area contributed by atoms with Gasteiger partial charge in [-0.15, -0.1) is 0 Å². The first kappa shape index (κ1) is 19.4. The minimum absolute atomic E-state index is 0.0687. The number of carbonyl (C=O) groups excluding carboxylic acids is 1. The molecule has 2 aromatic carbocycles. The molecule has 1 fully saturated rings. The molecule has 1 N–H and O–H groups in total. The average Bonchev–Trinajstić information content (AvgIpc) is 2.64. The SMILES string of the molecule is Cc1cc(Cl)ccc1NC(=O)N1CCN(c2ccc(OC(C)C)cc2)CC1. The van der Waals surface area contributed by atoms with Crippen LogP contribution >= 0.6 is 11.6 Å². The molecule has 0 saturated carbocycles. The molecule has 5 nitrogen and oxygen atoms in total. The molecule has 1 aliphatic rings. The van der Waals surface area contributed by atoms with E-state index in [0.717, 1.165) is 35.8 Å². The summed E-state index contributed by atoms with van der Waals surface area (Å²) in [6.07, 6.45) is 0.169. The summed E-state index contributed by atoms with van der Waals surface area (Å²) in [5.41, 5.74) is 2.91. The third-order valence-electron chi connectivity index (χ3n) is 4.57. The van der Waals surface area contributed by atoms with Gasteiger partial charge in [-0.25, -0.2) is 4.79 Å². The highest BCUT2D eigenvalue weighted by Gasteiger charge is 2.21. The lowest BCUT2D eigenvalue weighted by molar-refractivity contribution is 0.208. The lowest BCUT2D eigenvalue weighted by Gasteiger charge is -2.36. The smallest absolute Gasteiger partial charge is 0.321 e. The molecular formula is C21H26ClN3O2. The molecule has 2 aromatic rings. The molecule has 0 radical (unpaired) electrons. The third-order valence-corrected chi connectivity index (χ3v) is 4.81. The van der Waals surface area contributed by atoms with Gasteiger partial charge in [-0.1, -0.05) is 11.6 Å². The van der Waals surface area contributed by atoms with Crippen LogP contribution in [0.4, 0.5) is 16.2 Å². The molecule has 0 aliphatic carbocycles. The van der Waals surface area contributed by atoms with E-state index in [1.54, 1.807) is 6.07 Å². The zero-order valence-electron chi connectivity index (χ0n) is 16.0. The van der Waals surface area contributed by atoms with E-state index >= 15 is 0 Å². The fourth-order valence-corrected chi connectivity index (χ4v) is 3.36. The summed E-state index contributed by atoms with van der Waals surface area (Å²) < 4.78 is 5.69. The van der Waals surface area contributed by atoms with Gasteiger partial charge in [0.1, 0.15) is 5.75 Å². The van der Waals surface area contributed by atoms with Crippen LogP contribution in [0.3, 0.4) is 0 Å². The molecule has 1 heterocycles. The number of nitrogens with zero attached hydrogens (tertiary/aromatic N) is 2. The van der Waals surface area contributed by atoms with Crippen LogP contribution in [0.5, 0.6) is 5.75 Å². The van der Waals surface area contributed by atoms with E-state index in [9.17, 15) is 4.79 Å². The monoisotopic (exact) mass is 387 g/mol. The number of aryl methyl sites for hydroxylation is 1. The van der Waals surface area contributed by atoms with Gasteiger partial charge >= 0.3 is 6.03 Å². The van der Waals surface area contributed by atoms with Crippen LogP contribution in [0.2, 0.25) is 5.02 Å². The fraction of sp³-hybridized carbons (Fsp3) is 0.381. The van der Waals surface area contributed by atoms with Gasteiger partial charge < -0.3 is 19.9 Å². The average molecular weight is 388 g/mol. The molecule has 0 atom stereocenters. The Bertz CT molecular complexity index is 785. The van der Waals surface area contributed by atoms with Crippen LogP contribution in [-0.4, -0.2) is 43.2 Å². The van der Waals surface area contributed by atoms with Crippen molar-refractivity contribution in [2.45, 2.75) is 26.9 Å². The van der Waals surface area contributed by atoms with Gasteiger partial charge in [0.15, 0.2) is 0 Å². The standard InChI is InChI=1S/C21H26ClN3O2/c1-15(2)27-19-7-5-18(6-8-19)24-10-12-25(13-11-24)21(26)23-20-9-4-17(22)14-16(20)3/h4-9,14-15H,10-13H2,1-3H3,(H,23,26). The molecule has 27 heavy (non-hydrogen) atoms. The molecule has 0 spiro atoms. The first-order valence-corrected chi connectivity index (χ1v) is 9.64. The lowest BCUT2D eigenvalue weighted by Crippen LogP contribution is -2.50. The predicted octanol–water partition coefficient (Wildman–Crippen LogP) is 4.79. The van der Waals surface area contributed by atoms with Gasteiger partial charge in [0.05, 0.1) is 6.10 Å². The van der Waals surface area contributed by atoms with Gasteiger partial charge in [-0.05, 0) is 68.8 Å². The Morgan fingerprint density at radius 1 is 1.07 bits per heavy atom. The summed E-state index contributed by atoms with van der Waals surface area (Å²) in [5, 5.41) is 3.65.